The largest absolute Gasteiger partial charge is 0.480 e. The average Bonchev–Trinajstić information content (AvgIpc) is 2.34. The van der Waals surface area contributed by atoms with Gasteiger partial charge in [0.05, 0.1) is 11.6 Å². The van der Waals surface area contributed by atoms with Gasteiger partial charge in [-0.05, 0) is 52.0 Å². The lowest BCUT2D eigenvalue weighted by molar-refractivity contribution is 0.389. The van der Waals surface area contributed by atoms with Gasteiger partial charge in [-0.15, -0.1) is 0 Å². The second-order valence-corrected chi connectivity index (χ2v) is 5.08. The summed E-state index contributed by atoms with van der Waals surface area (Å²) in [7, 11) is 1.57. The summed E-state index contributed by atoms with van der Waals surface area (Å²) in [5.41, 5.74) is 6.36. The highest BCUT2D eigenvalue weighted by Crippen LogP contribution is 2.29. The summed E-state index contributed by atoms with van der Waals surface area (Å²) in [4.78, 5) is 9.49. The molecule has 17 heavy (non-hydrogen) atoms. The van der Waals surface area contributed by atoms with Crippen LogP contribution in [0.2, 0.25) is 0 Å². The minimum Gasteiger partial charge on any atom is -0.480 e. The van der Waals surface area contributed by atoms with Gasteiger partial charge in [0.1, 0.15) is 0 Å². The molecule has 1 aromatic heterocycles. The van der Waals surface area contributed by atoms with Gasteiger partial charge in [0.25, 0.3) is 0 Å². The van der Waals surface area contributed by atoms with Crippen LogP contribution in [-0.2, 0) is 0 Å². The number of anilines is 1. The van der Waals surface area contributed by atoms with Crippen molar-refractivity contribution in [2.75, 3.05) is 12.8 Å². The summed E-state index contributed by atoms with van der Waals surface area (Å²) in [5, 5.41) is 0.634. The first kappa shape index (κ1) is 12.2. The van der Waals surface area contributed by atoms with Gasteiger partial charge in [-0.1, -0.05) is 0 Å². The van der Waals surface area contributed by atoms with Crippen molar-refractivity contribution < 1.29 is 4.74 Å². The van der Waals surface area contributed by atoms with E-state index in [9.17, 15) is 0 Å². The molecule has 0 atom stereocenters. The number of hydrogen-bond donors (Lipinski definition) is 1. The first-order valence-electron chi connectivity index (χ1n) is 4.79. The highest BCUT2D eigenvalue weighted by molar-refractivity contribution is 9.10. The van der Waals surface area contributed by atoms with E-state index < -0.39 is 0 Å². The molecule has 0 saturated carbocycles. The fourth-order valence-electron chi connectivity index (χ4n) is 1.17. The Bertz CT molecular complexity index is 519. The van der Waals surface area contributed by atoms with Gasteiger partial charge in [0, 0.05) is 16.8 Å². The van der Waals surface area contributed by atoms with Crippen LogP contribution < -0.4 is 10.5 Å². The highest BCUT2D eigenvalue weighted by atomic mass is 79.9. The minimum atomic E-state index is 0.526. The Labute approximate surface area is 112 Å². The standard InChI is InChI=1S/C11H10BrN3OS/c1-16-10-9(12)6-14-11(15-10)17-8-4-2-7(13)3-5-8/h2-6H,13H2,1H3. The molecule has 4 nitrogen and oxygen atoms in total. The topological polar surface area (TPSA) is 61.0 Å². The molecule has 1 heterocycles. The molecular formula is C11H10BrN3OS. The lowest BCUT2D eigenvalue weighted by atomic mass is 10.3. The van der Waals surface area contributed by atoms with E-state index in [1.807, 2.05) is 24.3 Å². The quantitative estimate of drug-likeness (QED) is 0.697. The Morgan fingerprint density at radius 1 is 1.29 bits per heavy atom. The van der Waals surface area contributed by atoms with Crippen LogP contribution in [0.3, 0.4) is 0 Å². The molecule has 0 fully saturated rings. The minimum absolute atomic E-state index is 0.526. The van der Waals surface area contributed by atoms with Crippen LogP contribution >= 0.6 is 27.7 Å². The second-order valence-electron chi connectivity index (χ2n) is 3.18. The normalized spacial score (nSPS) is 10.2. The summed E-state index contributed by atoms with van der Waals surface area (Å²) < 4.78 is 5.85. The van der Waals surface area contributed by atoms with E-state index in [1.165, 1.54) is 11.8 Å². The summed E-state index contributed by atoms with van der Waals surface area (Å²) in [6.45, 7) is 0. The smallest absolute Gasteiger partial charge is 0.231 e. The second kappa shape index (κ2) is 5.37. The fraction of sp³-hybridized carbons (Fsp3) is 0.0909. The molecule has 0 unspecified atom stereocenters. The third-order valence-electron chi connectivity index (χ3n) is 1.97. The molecule has 0 aliphatic carbocycles. The van der Waals surface area contributed by atoms with Crippen molar-refractivity contribution in [3.63, 3.8) is 0 Å². The van der Waals surface area contributed by atoms with Crippen molar-refractivity contribution in [1.29, 1.82) is 0 Å². The van der Waals surface area contributed by atoms with Crippen LogP contribution in [0.5, 0.6) is 5.88 Å². The Hall–Kier alpha value is -1.27. The number of methoxy groups -OCH3 is 1. The monoisotopic (exact) mass is 311 g/mol. The number of ether oxygens (including phenoxy) is 1. The number of rotatable bonds is 3. The predicted octanol–water partition coefficient (Wildman–Crippen LogP) is 2.98. The Balaban J connectivity index is 2.21. The van der Waals surface area contributed by atoms with Crippen LogP contribution in [0, 0.1) is 0 Å². The summed E-state index contributed by atoms with van der Waals surface area (Å²) >= 11 is 4.77. The van der Waals surface area contributed by atoms with E-state index in [0.29, 0.717) is 11.0 Å². The average molecular weight is 312 g/mol. The zero-order chi connectivity index (χ0) is 12.3. The fourth-order valence-corrected chi connectivity index (χ4v) is 2.24. The van der Waals surface area contributed by atoms with Gasteiger partial charge in [-0.25, -0.2) is 4.98 Å². The predicted molar refractivity (Wildman–Crippen MR) is 71.3 cm³/mol. The zero-order valence-electron chi connectivity index (χ0n) is 9.05. The molecule has 2 N–H and O–H groups in total. The van der Waals surface area contributed by atoms with Crippen molar-refractivity contribution in [3.05, 3.63) is 34.9 Å². The van der Waals surface area contributed by atoms with Crippen LogP contribution in [0.1, 0.15) is 0 Å². The van der Waals surface area contributed by atoms with Crippen LogP contribution in [0.4, 0.5) is 5.69 Å². The maximum absolute atomic E-state index is 5.62. The van der Waals surface area contributed by atoms with E-state index >= 15 is 0 Å². The number of benzene rings is 1. The first-order valence-corrected chi connectivity index (χ1v) is 6.40. The molecule has 1 aromatic carbocycles. The number of nitrogens with two attached hydrogens (primary N) is 1. The van der Waals surface area contributed by atoms with Gasteiger partial charge in [-0.2, -0.15) is 4.98 Å². The van der Waals surface area contributed by atoms with Crippen LogP contribution in [0.15, 0.2) is 45.0 Å². The Morgan fingerprint density at radius 3 is 2.65 bits per heavy atom. The van der Waals surface area contributed by atoms with E-state index in [0.717, 1.165) is 15.1 Å². The number of aromatic nitrogens is 2. The molecule has 0 spiro atoms. The molecule has 0 aliphatic heterocycles. The molecular weight excluding hydrogens is 302 g/mol. The molecule has 0 radical (unpaired) electrons. The molecule has 6 heteroatoms. The van der Waals surface area contributed by atoms with Crippen LogP contribution in [0.25, 0.3) is 0 Å². The van der Waals surface area contributed by atoms with Crippen molar-refractivity contribution in [2.24, 2.45) is 0 Å². The van der Waals surface area contributed by atoms with E-state index in [4.69, 9.17) is 10.5 Å². The van der Waals surface area contributed by atoms with Gasteiger partial charge in [0.15, 0.2) is 5.16 Å². The van der Waals surface area contributed by atoms with Crippen molar-refractivity contribution in [2.45, 2.75) is 10.1 Å². The van der Waals surface area contributed by atoms with Gasteiger partial charge >= 0.3 is 0 Å². The van der Waals surface area contributed by atoms with E-state index in [2.05, 4.69) is 25.9 Å². The molecule has 0 bridgehead atoms. The maximum Gasteiger partial charge on any atom is 0.231 e. The van der Waals surface area contributed by atoms with Crippen molar-refractivity contribution >= 4 is 33.4 Å². The maximum atomic E-state index is 5.62. The lowest BCUT2D eigenvalue weighted by Crippen LogP contribution is -1.93. The van der Waals surface area contributed by atoms with E-state index in [-0.39, 0.29) is 0 Å². The van der Waals surface area contributed by atoms with E-state index in [1.54, 1.807) is 13.3 Å². The van der Waals surface area contributed by atoms with Crippen molar-refractivity contribution in [1.82, 2.24) is 9.97 Å². The van der Waals surface area contributed by atoms with Crippen LogP contribution in [-0.4, -0.2) is 17.1 Å². The molecule has 0 aliphatic rings. The lowest BCUT2D eigenvalue weighted by Gasteiger charge is -2.04. The van der Waals surface area contributed by atoms with Gasteiger partial charge in [0.2, 0.25) is 5.88 Å². The Kier molecular flexibility index (Phi) is 3.86. The Morgan fingerprint density at radius 2 is 2.00 bits per heavy atom. The van der Waals surface area contributed by atoms with Gasteiger partial charge < -0.3 is 10.5 Å². The summed E-state index contributed by atoms with van der Waals surface area (Å²) in [6, 6.07) is 7.55. The van der Waals surface area contributed by atoms with Crippen molar-refractivity contribution in [3.8, 4) is 5.88 Å². The number of halogens is 1. The summed E-state index contributed by atoms with van der Waals surface area (Å²) in [6.07, 6.45) is 1.67. The van der Waals surface area contributed by atoms with Gasteiger partial charge in [-0.3, -0.25) is 0 Å². The molecule has 2 rings (SSSR count). The zero-order valence-corrected chi connectivity index (χ0v) is 11.5. The highest BCUT2D eigenvalue weighted by Gasteiger charge is 2.06. The first-order chi connectivity index (χ1) is 8.19. The third-order valence-corrected chi connectivity index (χ3v) is 3.40. The molecule has 88 valence electrons. The number of nitrogens with zero attached hydrogens (tertiary/aromatic N) is 2. The number of hydrogen-bond acceptors (Lipinski definition) is 5. The molecule has 0 saturated heterocycles. The third kappa shape index (κ3) is 3.10. The summed E-state index contributed by atoms with van der Waals surface area (Å²) in [5.74, 6) is 0.526. The SMILES string of the molecule is COc1nc(Sc2ccc(N)cc2)ncc1Br. The molecule has 2 aromatic rings. The number of nitrogen functional groups attached to an aromatic ring is 1. The molecule has 0 amide bonds.